The Balaban J connectivity index is 1.96. The summed E-state index contributed by atoms with van der Waals surface area (Å²) in [5.74, 6) is -0.218. The molecule has 0 aliphatic carbocycles. The van der Waals surface area contributed by atoms with Gasteiger partial charge in [-0.15, -0.1) is 0 Å². The minimum absolute atomic E-state index is 0.206. The van der Waals surface area contributed by atoms with Crippen molar-refractivity contribution < 1.29 is 9.21 Å². The number of benzene rings is 2. The highest BCUT2D eigenvalue weighted by atomic mass is 79.9. The van der Waals surface area contributed by atoms with Crippen molar-refractivity contribution in [2.24, 2.45) is 0 Å². The number of carbonyl (C=O) groups is 1. The number of amides is 1. The van der Waals surface area contributed by atoms with Gasteiger partial charge in [-0.1, -0.05) is 27.5 Å². The largest absolute Gasteiger partial charge is 0.423 e. The molecule has 0 radical (unpaired) electrons. The Hall–Kier alpha value is -2.11. The zero-order valence-corrected chi connectivity index (χ0v) is 16.0. The Kier molecular flexibility index (Phi) is 4.97. The number of carbonyl (C=O) groups excluding carboxylic acids is 1. The van der Waals surface area contributed by atoms with Crippen LogP contribution >= 0.6 is 27.5 Å². The fraction of sp³-hybridized carbons (Fsp3) is 0.158. The third-order valence-corrected chi connectivity index (χ3v) is 5.12. The van der Waals surface area contributed by atoms with Crippen LogP contribution in [0.3, 0.4) is 0 Å². The monoisotopic (exact) mass is 419 g/mol. The van der Waals surface area contributed by atoms with Crippen molar-refractivity contribution in [1.82, 2.24) is 5.32 Å². The lowest BCUT2D eigenvalue weighted by molar-refractivity contribution is 0.0951. The summed E-state index contributed by atoms with van der Waals surface area (Å²) >= 11 is 9.67. The predicted molar refractivity (Wildman–Crippen MR) is 102 cm³/mol. The van der Waals surface area contributed by atoms with Crippen LogP contribution in [0.15, 0.2) is 50.1 Å². The van der Waals surface area contributed by atoms with Crippen LogP contribution < -0.4 is 10.9 Å². The number of aryl methyl sites for hydroxylation is 2. The van der Waals surface area contributed by atoms with Crippen LogP contribution in [0.1, 0.15) is 27.0 Å². The Labute approximate surface area is 157 Å². The zero-order valence-electron chi connectivity index (χ0n) is 13.7. The first-order valence-electron chi connectivity index (χ1n) is 7.63. The van der Waals surface area contributed by atoms with E-state index in [4.69, 9.17) is 16.0 Å². The molecule has 1 aromatic heterocycles. The van der Waals surface area contributed by atoms with Crippen LogP contribution in [-0.2, 0) is 6.54 Å². The topological polar surface area (TPSA) is 59.3 Å². The minimum atomic E-state index is -0.457. The van der Waals surface area contributed by atoms with E-state index in [2.05, 4.69) is 21.2 Å². The van der Waals surface area contributed by atoms with Gasteiger partial charge in [0.25, 0.3) is 5.91 Å². The molecule has 3 rings (SSSR count). The molecule has 1 amide bonds. The smallest absolute Gasteiger partial charge is 0.336 e. The van der Waals surface area contributed by atoms with E-state index in [-0.39, 0.29) is 12.5 Å². The molecule has 2 aromatic carbocycles. The molecule has 0 aliphatic rings. The highest BCUT2D eigenvalue weighted by molar-refractivity contribution is 9.10. The molecule has 0 unspecified atom stereocenters. The molecule has 0 bridgehead atoms. The molecule has 6 heteroatoms. The molecule has 3 aromatic rings. The quantitative estimate of drug-likeness (QED) is 0.622. The lowest BCUT2D eigenvalue weighted by Crippen LogP contribution is -2.23. The molecule has 0 atom stereocenters. The average Bonchev–Trinajstić information content (AvgIpc) is 2.57. The molecule has 0 fully saturated rings. The van der Waals surface area contributed by atoms with Gasteiger partial charge in [-0.25, -0.2) is 4.79 Å². The van der Waals surface area contributed by atoms with Gasteiger partial charge in [0.15, 0.2) is 0 Å². The van der Waals surface area contributed by atoms with E-state index in [9.17, 15) is 9.59 Å². The van der Waals surface area contributed by atoms with Crippen molar-refractivity contribution in [3.63, 3.8) is 0 Å². The Morgan fingerprint density at radius 3 is 2.56 bits per heavy atom. The fourth-order valence-electron chi connectivity index (χ4n) is 2.77. The average molecular weight is 421 g/mol. The number of fused-ring (bicyclic) bond motifs is 1. The maximum absolute atomic E-state index is 12.3. The van der Waals surface area contributed by atoms with Gasteiger partial charge in [0.1, 0.15) is 5.58 Å². The lowest BCUT2D eigenvalue weighted by atomic mass is 10.0. The summed E-state index contributed by atoms with van der Waals surface area (Å²) in [6, 6.07) is 10.2. The van der Waals surface area contributed by atoms with Gasteiger partial charge in [-0.2, -0.15) is 0 Å². The van der Waals surface area contributed by atoms with E-state index < -0.39 is 5.63 Å². The number of hydrogen-bond donors (Lipinski definition) is 1. The molecule has 0 saturated carbocycles. The van der Waals surface area contributed by atoms with Crippen LogP contribution in [0.4, 0.5) is 0 Å². The first-order chi connectivity index (χ1) is 11.9. The van der Waals surface area contributed by atoms with Crippen LogP contribution in [0.2, 0.25) is 5.02 Å². The van der Waals surface area contributed by atoms with Gasteiger partial charge < -0.3 is 9.73 Å². The molecule has 4 nitrogen and oxygen atoms in total. The Morgan fingerprint density at radius 1 is 1.20 bits per heavy atom. The normalized spacial score (nSPS) is 10.9. The minimum Gasteiger partial charge on any atom is -0.423 e. The standard InChI is InChI=1S/C19H15BrClNO3/c1-10-7-15-17(11(2)18(10)21)13(8-16(23)25-15)9-22-19(24)12-3-5-14(20)6-4-12/h3-8H,9H2,1-2H3,(H,22,24). The fourth-order valence-corrected chi connectivity index (χ4v) is 3.19. The molecule has 1 N–H and O–H groups in total. The van der Waals surface area contributed by atoms with Gasteiger partial charge >= 0.3 is 5.63 Å². The second-order valence-corrected chi connectivity index (χ2v) is 7.08. The van der Waals surface area contributed by atoms with E-state index in [0.717, 1.165) is 21.0 Å². The molecule has 0 saturated heterocycles. The van der Waals surface area contributed by atoms with Gasteiger partial charge in [0.05, 0.1) is 0 Å². The van der Waals surface area contributed by atoms with Crippen LogP contribution in [0.5, 0.6) is 0 Å². The summed E-state index contributed by atoms with van der Waals surface area (Å²) in [6.45, 7) is 3.94. The van der Waals surface area contributed by atoms with Crippen LogP contribution in [-0.4, -0.2) is 5.91 Å². The second kappa shape index (κ2) is 7.02. The summed E-state index contributed by atoms with van der Waals surface area (Å²) in [5, 5.41) is 4.22. The third-order valence-electron chi connectivity index (χ3n) is 4.01. The maximum atomic E-state index is 12.3. The molecule has 0 aliphatic heterocycles. The van der Waals surface area contributed by atoms with Crippen molar-refractivity contribution >= 4 is 44.4 Å². The SMILES string of the molecule is Cc1cc2oc(=O)cc(CNC(=O)c3ccc(Br)cc3)c2c(C)c1Cl. The van der Waals surface area contributed by atoms with Gasteiger partial charge in [-0.05, 0) is 60.9 Å². The summed E-state index contributed by atoms with van der Waals surface area (Å²) in [6.07, 6.45) is 0. The van der Waals surface area contributed by atoms with Gasteiger partial charge in [0.2, 0.25) is 0 Å². The summed E-state index contributed by atoms with van der Waals surface area (Å²) in [5.41, 5.74) is 2.90. The molecular weight excluding hydrogens is 406 g/mol. The number of halogens is 2. The summed E-state index contributed by atoms with van der Waals surface area (Å²) in [7, 11) is 0. The van der Waals surface area contributed by atoms with Crippen molar-refractivity contribution in [2.75, 3.05) is 0 Å². The van der Waals surface area contributed by atoms with E-state index in [0.29, 0.717) is 21.7 Å². The summed E-state index contributed by atoms with van der Waals surface area (Å²) < 4.78 is 6.19. The first kappa shape index (κ1) is 17.7. The van der Waals surface area contributed by atoms with Gasteiger partial charge in [0, 0.05) is 33.1 Å². The summed E-state index contributed by atoms with van der Waals surface area (Å²) in [4.78, 5) is 24.1. The second-order valence-electron chi connectivity index (χ2n) is 5.79. The van der Waals surface area contributed by atoms with Crippen molar-refractivity contribution in [3.05, 3.63) is 78.6 Å². The van der Waals surface area contributed by atoms with E-state index in [1.165, 1.54) is 6.07 Å². The number of nitrogens with one attached hydrogen (secondary N) is 1. The Bertz CT molecular complexity index is 1030. The van der Waals surface area contributed by atoms with Crippen LogP contribution in [0, 0.1) is 13.8 Å². The van der Waals surface area contributed by atoms with E-state index in [1.54, 1.807) is 30.3 Å². The van der Waals surface area contributed by atoms with Crippen molar-refractivity contribution in [1.29, 1.82) is 0 Å². The maximum Gasteiger partial charge on any atom is 0.336 e. The molecular formula is C19H15BrClNO3. The van der Waals surface area contributed by atoms with Crippen LogP contribution in [0.25, 0.3) is 11.0 Å². The highest BCUT2D eigenvalue weighted by Gasteiger charge is 2.14. The third kappa shape index (κ3) is 3.62. The molecule has 25 heavy (non-hydrogen) atoms. The molecule has 0 spiro atoms. The van der Waals surface area contributed by atoms with Crippen molar-refractivity contribution in [2.45, 2.75) is 20.4 Å². The number of rotatable bonds is 3. The Morgan fingerprint density at radius 2 is 1.88 bits per heavy atom. The van der Waals surface area contributed by atoms with Crippen molar-refractivity contribution in [3.8, 4) is 0 Å². The highest BCUT2D eigenvalue weighted by Crippen LogP contribution is 2.30. The predicted octanol–water partition coefficient (Wildman–Crippen LogP) is 4.76. The lowest BCUT2D eigenvalue weighted by Gasteiger charge is -2.12. The molecule has 1 heterocycles. The number of hydrogen-bond acceptors (Lipinski definition) is 3. The van der Waals surface area contributed by atoms with Gasteiger partial charge in [-0.3, -0.25) is 4.79 Å². The van der Waals surface area contributed by atoms with E-state index >= 15 is 0 Å². The zero-order chi connectivity index (χ0) is 18.1. The first-order valence-corrected chi connectivity index (χ1v) is 8.80. The van der Waals surface area contributed by atoms with E-state index in [1.807, 2.05) is 13.8 Å². The molecule has 128 valence electrons.